The zero-order valence-electron chi connectivity index (χ0n) is 16.8. The van der Waals surface area contributed by atoms with Crippen LogP contribution in [-0.4, -0.2) is 54.4 Å². The van der Waals surface area contributed by atoms with Crippen LogP contribution in [0.1, 0.15) is 15.9 Å². The number of hydrogen-bond acceptors (Lipinski definition) is 3. The molecule has 3 aromatic rings. The first-order valence-electron chi connectivity index (χ1n) is 10.1. The number of amides is 2. The van der Waals surface area contributed by atoms with E-state index in [0.29, 0.717) is 32.6 Å². The van der Waals surface area contributed by atoms with Crippen LogP contribution in [0.5, 0.6) is 5.75 Å². The maximum atomic E-state index is 12.8. The number of hydrogen-bond donors (Lipinski definition) is 0. The van der Waals surface area contributed by atoms with E-state index in [-0.39, 0.29) is 23.1 Å². The van der Waals surface area contributed by atoms with Crippen molar-refractivity contribution in [2.24, 2.45) is 0 Å². The lowest BCUT2D eigenvalue weighted by Gasteiger charge is -2.35. The van der Waals surface area contributed by atoms with E-state index < -0.39 is 6.61 Å². The van der Waals surface area contributed by atoms with E-state index >= 15 is 0 Å². The third kappa shape index (κ3) is 4.82. The lowest BCUT2D eigenvalue weighted by atomic mass is 10.0. The van der Waals surface area contributed by atoms with Gasteiger partial charge < -0.3 is 14.5 Å². The van der Waals surface area contributed by atoms with E-state index in [2.05, 4.69) is 4.74 Å². The molecule has 0 atom stereocenters. The highest BCUT2D eigenvalue weighted by Gasteiger charge is 2.27. The van der Waals surface area contributed by atoms with Crippen molar-refractivity contribution < 1.29 is 23.1 Å². The van der Waals surface area contributed by atoms with E-state index in [1.165, 1.54) is 18.2 Å². The summed E-state index contributed by atoms with van der Waals surface area (Å²) in [7, 11) is 0. The molecular weight excluding hydrogens is 402 g/mol. The van der Waals surface area contributed by atoms with Crippen molar-refractivity contribution in [1.29, 1.82) is 0 Å². The number of para-hydroxylation sites is 1. The molecule has 0 aliphatic carbocycles. The Labute approximate surface area is 178 Å². The number of carbonyl (C=O) groups excluding carboxylic acids is 2. The Kier molecular flexibility index (Phi) is 6.11. The first kappa shape index (κ1) is 20.8. The minimum atomic E-state index is -3.00. The highest BCUT2D eigenvalue weighted by molar-refractivity contribution is 5.97. The quantitative estimate of drug-likeness (QED) is 0.623. The van der Waals surface area contributed by atoms with Gasteiger partial charge in [-0.15, -0.1) is 0 Å². The highest BCUT2D eigenvalue weighted by atomic mass is 19.3. The zero-order chi connectivity index (χ0) is 21.8. The van der Waals surface area contributed by atoms with Crippen LogP contribution in [0.25, 0.3) is 10.8 Å². The molecule has 4 rings (SSSR count). The van der Waals surface area contributed by atoms with Gasteiger partial charge in [0.1, 0.15) is 5.75 Å². The first-order chi connectivity index (χ1) is 15.0. The van der Waals surface area contributed by atoms with E-state index in [1.54, 1.807) is 15.9 Å². The van der Waals surface area contributed by atoms with Gasteiger partial charge in [-0.25, -0.2) is 0 Å². The lowest BCUT2D eigenvalue weighted by molar-refractivity contribution is -0.131. The number of benzene rings is 3. The fourth-order valence-electron chi connectivity index (χ4n) is 3.81. The molecule has 1 aliphatic heterocycles. The average Bonchev–Trinajstić information content (AvgIpc) is 2.78. The van der Waals surface area contributed by atoms with Crippen LogP contribution in [0.3, 0.4) is 0 Å². The average molecular weight is 424 g/mol. The number of carbonyl (C=O) groups is 2. The zero-order valence-corrected chi connectivity index (χ0v) is 16.8. The molecule has 2 amide bonds. The van der Waals surface area contributed by atoms with E-state index in [0.717, 1.165) is 16.3 Å². The third-order valence-corrected chi connectivity index (χ3v) is 5.42. The minimum Gasteiger partial charge on any atom is -0.434 e. The summed E-state index contributed by atoms with van der Waals surface area (Å²) in [5, 5.41) is 2.22. The number of nitrogens with zero attached hydrogens (tertiary/aromatic N) is 2. The van der Waals surface area contributed by atoms with Crippen molar-refractivity contribution in [3.8, 4) is 5.75 Å². The molecule has 1 fully saturated rings. The molecule has 0 N–H and O–H groups in total. The largest absolute Gasteiger partial charge is 0.434 e. The van der Waals surface area contributed by atoms with E-state index in [1.807, 2.05) is 42.5 Å². The molecular formula is C24H22F2N2O3. The van der Waals surface area contributed by atoms with Gasteiger partial charge in [-0.05, 0) is 28.5 Å². The molecule has 3 aromatic carbocycles. The maximum Gasteiger partial charge on any atom is 0.387 e. The molecule has 0 unspecified atom stereocenters. The number of halogens is 2. The SMILES string of the molecule is O=C(Cc1ccc2ccccc2c1)N1CCN(C(=O)c2ccccc2OC(F)F)CC1. The second kappa shape index (κ2) is 9.12. The summed E-state index contributed by atoms with van der Waals surface area (Å²) >= 11 is 0. The summed E-state index contributed by atoms with van der Waals surface area (Å²) in [5.74, 6) is -0.515. The van der Waals surface area contributed by atoms with Gasteiger partial charge in [0.15, 0.2) is 0 Å². The molecule has 0 saturated carbocycles. The smallest absolute Gasteiger partial charge is 0.387 e. The number of fused-ring (bicyclic) bond motifs is 1. The number of piperazine rings is 1. The van der Waals surface area contributed by atoms with Gasteiger partial charge in [-0.2, -0.15) is 8.78 Å². The predicted molar refractivity (Wildman–Crippen MR) is 113 cm³/mol. The van der Waals surface area contributed by atoms with Crippen LogP contribution < -0.4 is 4.74 Å². The van der Waals surface area contributed by atoms with Crippen molar-refractivity contribution in [2.75, 3.05) is 26.2 Å². The molecule has 0 aromatic heterocycles. The molecule has 1 heterocycles. The number of rotatable bonds is 5. The molecule has 0 bridgehead atoms. The monoisotopic (exact) mass is 424 g/mol. The highest BCUT2D eigenvalue weighted by Crippen LogP contribution is 2.23. The van der Waals surface area contributed by atoms with Gasteiger partial charge in [0, 0.05) is 26.2 Å². The summed E-state index contributed by atoms with van der Waals surface area (Å²) in [6.45, 7) is -1.53. The first-order valence-corrected chi connectivity index (χ1v) is 10.1. The third-order valence-electron chi connectivity index (χ3n) is 5.42. The van der Waals surface area contributed by atoms with Crippen LogP contribution in [0, 0.1) is 0 Å². The van der Waals surface area contributed by atoms with Crippen LogP contribution in [0.2, 0.25) is 0 Å². The Balaban J connectivity index is 1.37. The second-order valence-corrected chi connectivity index (χ2v) is 7.41. The van der Waals surface area contributed by atoms with Crippen molar-refractivity contribution in [3.05, 3.63) is 77.9 Å². The Bertz CT molecular complexity index is 1090. The fourth-order valence-corrected chi connectivity index (χ4v) is 3.81. The molecule has 1 saturated heterocycles. The van der Waals surface area contributed by atoms with Gasteiger partial charge >= 0.3 is 6.61 Å². The Morgan fingerprint density at radius 2 is 1.48 bits per heavy atom. The Hall–Kier alpha value is -3.48. The van der Waals surface area contributed by atoms with Gasteiger partial charge in [-0.3, -0.25) is 9.59 Å². The molecule has 0 spiro atoms. The summed E-state index contributed by atoms with van der Waals surface area (Å²) in [6, 6.07) is 19.9. The van der Waals surface area contributed by atoms with Crippen LogP contribution >= 0.6 is 0 Å². The maximum absolute atomic E-state index is 12.8. The number of ether oxygens (including phenoxy) is 1. The van der Waals surface area contributed by atoms with E-state index in [4.69, 9.17) is 0 Å². The van der Waals surface area contributed by atoms with E-state index in [9.17, 15) is 18.4 Å². The van der Waals surface area contributed by atoms with Crippen LogP contribution in [0.4, 0.5) is 8.78 Å². The van der Waals surface area contributed by atoms with Gasteiger partial charge in [0.05, 0.1) is 12.0 Å². The van der Waals surface area contributed by atoms with Gasteiger partial charge in [0.25, 0.3) is 5.91 Å². The molecule has 0 radical (unpaired) electrons. The summed E-state index contributed by atoms with van der Waals surface area (Å²) in [4.78, 5) is 28.8. The van der Waals surface area contributed by atoms with Gasteiger partial charge in [0.2, 0.25) is 5.91 Å². The lowest BCUT2D eigenvalue weighted by Crippen LogP contribution is -2.51. The van der Waals surface area contributed by atoms with Crippen molar-refractivity contribution in [2.45, 2.75) is 13.0 Å². The molecule has 31 heavy (non-hydrogen) atoms. The molecule has 160 valence electrons. The molecule has 1 aliphatic rings. The summed E-state index contributed by atoms with van der Waals surface area (Å²) in [6.07, 6.45) is 0.295. The van der Waals surface area contributed by atoms with Crippen LogP contribution in [0.15, 0.2) is 66.7 Å². The predicted octanol–water partition coefficient (Wildman–Crippen LogP) is 3.97. The second-order valence-electron chi connectivity index (χ2n) is 7.41. The van der Waals surface area contributed by atoms with Crippen molar-refractivity contribution in [1.82, 2.24) is 9.80 Å². The normalized spacial score (nSPS) is 14.2. The standard InChI is InChI=1S/C24H22F2N2O3/c25-24(26)31-21-8-4-3-7-20(21)23(30)28-13-11-27(12-14-28)22(29)16-17-9-10-18-5-1-2-6-19(18)15-17/h1-10,15,24H,11-14,16H2. The molecule has 5 nitrogen and oxygen atoms in total. The number of alkyl halides is 2. The van der Waals surface area contributed by atoms with Gasteiger partial charge in [-0.1, -0.05) is 54.6 Å². The fraction of sp³-hybridized carbons (Fsp3) is 0.250. The Morgan fingerprint density at radius 3 is 2.23 bits per heavy atom. The van der Waals surface area contributed by atoms with Crippen molar-refractivity contribution >= 4 is 22.6 Å². The topological polar surface area (TPSA) is 49.9 Å². The summed E-state index contributed by atoms with van der Waals surface area (Å²) in [5.41, 5.74) is 1.04. The summed E-state index contributed by atoms with van der Waals surface area (Å²) < 4.78 is 29.7. The van der Waals surface area contributed by atoms with Crippen LogP contribution in [-0.2, 0) is 11.2 Å². The van der Waals surface area contributed by atoms with Crippen molar-refractivity contribution in [3.63, 3.8) is 0 Å². The Morgan fingerprint density at radius 1 is 0.839 bits per heavy atom. The minimum absolute atomic E-state index is 0.00353. The molecule has 7 heteroatoms.